The van der Waals surface area contributed by atoms with Gasteiger partial charge < -0.3 is 5.73 Å². The molecule has 0 atom stereocenters. The van der Waals surface area contributed by atoms with Gasteiger partial charge in [-0.1, -0.05) is 23.7 Å². The van der Waals surface area contributed by atoms with E-state index >= 15 is 0 Å². The van der Waals surface area contributed by atoms with Crippen molar-refractivity contribution in [2.24, 2.45) is 5.73 Å². The Kier molecular flexibility index (Phi) is 2.74. The van der Waals surface area contributed by atoms with E-state index in [-0.39, 0.29) is 5.54 Å². The normalized spacial score (nSPS) is 11.8. The van der Waals surface area contributed by atoms with Crippen molar-refractivity contribution in [3.63, 3.8) is 0 Å². The molecule has 16 heavy (non-hydrogen) atoms. The van der Waals surface area contributed by atoms with Crippen molar-refractivity contribution >= 4 is 11.6 Å². The molecular formula is C12H14ClN3. The van der Waals surface area contributed by atoms with Crippen LogP contribution in [0.15, 0.2) is 36.5 Å². The van der Waals surface area contributed by atoms with Crippen LogP contribution in [0.1, 0.15) is 19.4 Å². The summed E-state index contributed by atoms with van der Waals surface area (Å²) in [5.74, 6) is 0. The van der Waals surface area contributed by atoms with Gasteiger partial charge in [-0.3, -0.25) is 0 Å². The summed E-state index contributed by atoms with van der Waals surface area (Å²) in [4.78, 5) is 0. The highest BCUT2D eigenvalue weighted by Crippen LogP contribution is 2.20. The van der Waals surface area contributed by atoms with Gasteiger partial charge in [0.1, 0.15) is 5.15 Å². The van der Waals surface area contributed by atoms with E-state index in [0.717, 1.165) is 11.3 Å². The molecule has 3 nitrogen and oxygen atoms in total. The summed E-state index contributed by atoms with van der Waals surface area (Å²) in [6.45, 7) is 3.95. The summed E-state index contributed by atoms with van der Waals surface area (Å²) >= 11 is 5.98. The van der Waals surface area contributed by atoms with Crippen molar-refractivity contribution in [1.82, 2.24) is 9.78 Å². The lowest BCUT2D eigenvalue weighted by Gasteiger charge is -2.19. The van der Waals surface area contributed by atoms with Crippen LogP contribution in [0.25, 0.3) is 5.69 Å². The number of nitrogens with two attached hydrogens (primary N) is 1. The van der Waals surface area contributed by atoms with Gasteiger partial charge in [-0.25, -0.2) is 4.68 Å². The summed E-state index contributed by atoms with van der Waals surface area (Å²) in [6, 6.07) is 9.66. The van der Waals surface area contributed by atoms with Gasteiger partial charge in [0.15, 0.2) is 0 Å². The SMILES string of the molecule is CC(C)(N)c1ccc(-n2nccc2Cl)cc1. The molecule has 2 rings (SSSR count). The van der Waals surface area contributed by atoms with E-state index in [1.165, 1.54) is 0 Å². The number of nitrogens with zero attached hydrogens (tertiary/aromatic N) is 2. The Morgan fingerprint density at radius 3 is 2.25 bits per heavy atom. The fourth-order valence-corrected chi connectivity index (χ4v) is 1.71. The average molecular weight is 236 g/mol. The van der Waals surface area contributed by atoms with Gasteiger partial charge in [-0.15, -0.1) is 0 Å². The zero-order valence-electron chi connectivity index (χ0n) is 9.31. The maximum absolute atomic E-state index is 6.01. The van der Waals surface area contributed by atoms with Crippen molar-refractivity contribution in [3.8, 4) is 5.69 Å². The number of halogens is 1. The molecule has 0 aliphatic carbocycles. The molecule has 0 fully saturated rings. The van der Waals surface area contributed by atoms with E-state index in [1.54, 1.807) is 16.9 Å². The Morgan fingerprint density at radius 1 is 1.19 bits per heavy atom. The highest BCUT2D eigenvalue weighted by Gasteiger charge is 2.13. The van der Waals surface area contributed by atoms with Gasteiger partial charge in [0.25, 0.3) is 0 Å². The molecule has 0 aliphatic heterocycles. The molecule has 1 heterocycles. The maximum atomic E-state index is 6.01. The van der Waals surface area contributed by atoms with E-state index in [0.29, 0.717) is 5.15 Å². The van der Waals surface area contributed by atoms with Crippen molar-refractivity contribution in [2.75, 3.05) is 0 Å². The summed E-state index contributed by atoms with van der Waals surface area (Å²) in [7, 11) is 0. The molecule has 0 saturated carbocycles. The molecule has 1 aromatic heterocycles. The third kappa shape index (κ3) is 2.10. The lowest BCUT2D eigenvalue weighted by atomic mass is 9.96. The summed E-state index contributed by atoms with van der Waals surface area (Å²) < 4.78 is 1.68. The minimum absolute atomic E-state index is 0.327. The van der Waals surface area contributed by atoms with Gasteiger partial charge in [0.05, 0.1) is 11.9 Å². The van der Waals surface area contributed by atoms with Crippen LogP contribution in [0.3, 0.4) is 0 Å². The van der Waals surface area contributed by atoms with Crippen LogP contribution in [-0.4, -0.2) is 9.78 Å². The number of hydrogen-bond acceptors (Lipinski definition) is 2. The van der Waals surface area contributed by atoms with E-state index in [9.17, 15) is 0 Å². The zero-order chi connectivity index (χ0) is 11.8. The largest absolute Gasteiger partial charge is 0.322 e. The van der Waals surface area contributed by atoms with Crippen molar-refractivity contribution in [3.05, 3.63) is 47.2 Å². The molecule has 0 unspecified atom stereocenters. The van der Waals surface area contributed by atoms with E-state index in [1.807, 2.05) is 38.1 Å². The summed E-state index contributed by atoms with van der Waals surface area (Å²) in [6.07, 6.45) is 1.67. The van der Waals surface area contributed by atoms with Gasteiger partial charge >= 0.3 is 0 Å². The average Bonchev–Trinajstić information content (AvgIpc) is 2.63. The fourth-order valence-electron chi connectivity index (χ4n) is 1.51. The third-order valence-electron chi connectivity index (χ3n) is 2.45. The van der Waals surface area contributed by atoms with Crippen LogP contribution in [0.4, 0.5) is 0 Å². The maximum Gasteiger partial charge on any atom is 0.132 e. The molecule has 84 valence electrons. The van der Waals surface area contributed by atoms with Crippen LogP contribution in [-0.2, 0) is 5.54 Å². The molecule has 2 aromatic rings. The first-order valence-electron chi connectivity index (χ1n) is 5.08. The first kappa shape index (κ1) is 11.2. The number of rotatable bonds is 2. The van der Waals surface area contributed by atoms with Crippen molar-refractivity contribution in [2.45, 2.75) is 19.4 Å². The fraction of sp³-hybridized carbons (Fsp3) is 0.250. The molecule has 0 bridgehead atoms. The second-order valence-corrected chi connectivity index (χ2v) is 4.72. The van der Waals surface area contributed by atoms with E-state index < -0.39 is 0 Å². The lowest BCUT2D eigenvalue weighted by Crippen LogP contribution is -2.28. The van der Waals surface area contributed by atoms with Crippen LogP contribution < -0.4 is 5.73 Å². The van der Waals surface area contributed by atoms with Crippen LogP contribution >= 0.6 is 11.6 Å². The molecule has 0 amide bonds. The summed E-state index contributed by atoms with van der Waals surface area (Å²) in [5, 5.41) is 4.73. The Hall–Kier alpha value is -1.32. The highest BCUT2D eigenvalue weighted by atomic mass is 35.5. The predicted octanol–water partition coefficient (Wildman–Crippen LogP) is 2.72. The molecule has 4 heteroatoms. The smallest absolute Gasteiger partial charge is 0.132 e. The predicted molar refractivity (Wildman–Crippen MR) is 65.8 cm³/mol. The van der Waals surface area contributed by atoms with Gasteiger partial charge in [0, 0.05) is 5.54 Å². The topological polar surface area (TPSA) is 43.8 Å². The first-order chi connectivity index (χ1) is 7.48. The van der Waals surface area contributed by atoms with Crippen molar-refractivity contribution < 1.29 is 0 Å². The molecular weight excluding hydrogens is 222 g/mol. The van der Waals surface area contributed by atoms with E-state index in [2.05, 4.69) is 5.10 Å². The zero-order valence-corrected chi connectivity index (χ0v) is 10.1. The first-order valence-corrected chi connectivity index (χ1v) is 5.45. The summed E-state index contributed by atoms with van der Waals surface area (Å²) in [5.41, 5.74) is 7.70. The minimum Gasteiger partial charge on any atom is -0.322 e. The Labute approximate surface area is 99.8 Å². The van der Waals surface area contributed by atoms with Crippen LogP contribution in [0.5, 0.6) is 0 Å². The standard InChI is InChI=1S/C12H14ClN3/c1-12(2,14)9-3-5-10(6-4-9)16-11(13)7-8-15-16/h3-8H,14H2,1-2H3. The number of hydrogen-bond donors (Lipinski definition) is 1. The Balaban J connectivity index is 2.37. The van der Waals surface area contributed by atoms with Gasteiger partial charge in [0.2, 0.25) is 0 Å². The second-order valence-electron chi connectivity index (χ2n) is 4.33. The quantitative estimate of drug-likeness (QED) is 0.870. The molecule has 0 spiro atoms. The molecule has 1 aromatic carbocycles. The Bertz CT molecular complexity index is 480. The monoisotopic (exact) mass is 235 g/mol. The number of benzene rings is 1. The lowest BCUT2D eigenvalue weighted by molar-refractivity contribution is 0.554. The van der Waals surface area contributed by atoms with Crippen LogP contribution in [0.2, 0.25) is 5.15 Å². The van der Waals surface area contributed by atoms with E-state index in [4.69, 9.17) is 17.3 Å². The Morgan fingerprint density at radius 2 is 1.81 bits per heavy atom. The second kappa shape index (κ2) is 3.92. The third-order valence-corrected chi connectivity index (χ3v) is 2.74. The number of aromatic nitrogens is 2. The van der Waals surface area contributed by atoms with Gasteiger partial charge in [-0.05, 0) is 37.6 Å². The van der Waals surface area contributed by atoms with Crippen molar-refractivity contribution in [1.29, 1.82) is 0 Å². The highest BCUT2D eigenvalue weighted by molar-refractivity contribution is 6.29. The minimum atomic E-state index is -0.327. The molecule has 0 saturated heterocycles. The van der Waals surface area contributed by atoms with Crippen LogP contribution in [0, 0.1) is 0 Å². The molecule has 0 aliphatic rings. The van der Waals surface area contributed by atoms with Gasteiger partial charge in [-0.2, -0.15) is 5.10 Å². The molecule has 0 radical (unpaired) electrons. The molecule has 2 N–H and O–H groups in total.